The van der Waals surface area contributed by atoms with E-state index >= 15 is 0 Å². The monoisotopic (exact) mass is 538 g/mol. The van der Waals surface area contributed by atoms with Crippen LogP contribution < -0.4 is 16.0 Å². The van der Waals surface area contributed by atoms with E-state index in [0.29, 0.717) is 0 Å². The predicted molar refractivity (Wildman–Crippen MR) is 139 cm³/mol. The third-order valence-electron chi connectivity index (χ3n) is 6.53. The van der Waals surface area contributed by atoms with Gasteiger partial charge in [-0.3, -0.25) is 19.3 Å². The summed E-state index contributed by atoms with van der Waals surface area (Å²) in [7, 11) is 5.81. The number of phenols is 1. The number of methoxy groups -OCH3 is 1. The number of hydrogen-bond donors (Lipinski definition) is 4. The Kier molecular flexibility index (Phi) is 9.53. The van der Waals surface area contributed by atoms with E-state index in [1.165, 1.54) is 28.7 Å². The zero-order valence-corrected chi connectivity index (χ0v) is 22.5. The largest absolute Gasteiger partial charge is 0.508 e. The standard InChI is InChI=1S/C24H34N4O6S2/c1-24(2)13-25-20(30)17(11-35-36-12-18(22(32)34-4)27-23(24)33)26-21(31)19-16(9-10-28(19)3)14-5-7-15(29)8-6-14/h5-8,16-19,29H,9-13H2,1-4H3,(H,25,30)(H,26,31)(H,27,33). The minimum atomic E-state index is -0.983. The van der Waals surface area contributed by atoms with Crippen LogP contribution >= 0.6 is 21.6 Å². The molecule has 12 heteroatoms. The number of phenolic OH excluding ortho intramolecular Hbond substituents is 1. The highest BCUT2D eigenvalue weighted by atomic mass is 33.1. The first-order chi connectivity index (χ1) is 17.0. The number of likely N-dealkylation sites (tertiary alicyclic amines) is 1. The van der Waals surface area contributed by atoms with Crippen molar-refractivity contribution in [2.24, 2.45) is 5.41 Å². The summed E-state index contributed by atoms with van der Waals surface area (Å²) in [6.45, 7) is 4.11. The highest BCUT2D eigenvalue weighted by Gasteiger charge is 2.40. The molecule has 2 aliphatic heterocycles. The number of rotatable bonds is 4. The summed E-state index contributed by atoms with van der Waals surface area (Å²) in [5.74, 6) is -0.913. The topological polar surface area (TPSA) is 137 Å². The SMILES string of the molecule is COC(=O)C1CSSCC(NC(=O)C2C(c3ccc(O)cc3)CCN2C)C(=O)NCC(C)(C)C(=O)N1. The molecule has 1 aromatic carbocycles. The van der Waals surface area contributed by atoms with Crippen molar-refractivity contribution >= 4 is 45.3 Å². The number of carbonyl (C=O) groups is 4. The highest BCUT2D eigenvalue weighted by Crippen LogP contribution is 2.34. The van der Waals surface area contributed by atoms with Crippen molar-refractivity contribution in [2.45, 2.75) is 44.3 Å². The van der Waals surface area contributed by atoms with Gasteiger partial charge >= 0.3 is 5.97 Å². The zero-order valence-electron chi connectivity index (χ0n) is 20.9. The molecule has 36 heavy (non-hydrogen) atoms. The van der Waals surface area contributed by atoms with Crippen LogP contribution in [0.25, 0.3) is 0 Å². The Morgan fingerprint density at radius 2 is 1.83 bits per heavy atom. The molecule has 0 saturated carbocycles. The molecule has 3 rings (SSSR count). The molecule has 2 fully saturated rings. The molecule has 2 saturated heterocycles. The molecule has 198 valence electrons. The van der Waals surface area contributed by atoms with Gasteiger partial charge in [0.25, 0.3) is 0 Å². The molecule has 4 atom stereocenters. The molecule has 4 N–H and O–H groups in total. The third-order valence-corrected chi connectivity index (χ3v) is 8.96. The lowest BCUT2D eigenvalue weighted by Gasteiger charge is -2.30. The van der Waals surface area contributed by atoms with E-state index in [2.05, 4.69) is 16.0 Å². The Morgan fingerprint density at radius 3 is 2.50 bits per heavy atom. The number of nitrogens with one attached hydrogen (secondary N) is 3. The first-order valence-electron chi connectivity index (χ1n) is 11.7. The van der Waals surface area contributed by atoms with Crippen molar-refractivity contribution in [1.29, 1.82) is 0 Å². The van der Waals surface area contributed by atoms with Gasteiger partial charge in [-0.05, 0) is 51.6 Å². The van der Waals surface area contributed by atoms with Gasteiger partial charge in [0.1, 0.15) is 17.8 Å². The molecule has 0 spiro atoms. The van der Waals surface area contributed by atoms with Gasteiger partial charge in [-0.2, -0.15) is 0 Å². The first kappa shape index (κ1) is 28.1. The van der Waals surface area contributed by atoms with Crippen LogP contribution in [-0.2, 0) is 23.9 Å². The lowest BCUT2D eigenvalue weighted by Crippen LogP contribution is -2.56. The van der Waals surface area contributed by atoms with Gasteiger partial charge in [0, 0.05) is 24.0 Å². The molecule has 4 unspecified atom stereocenters. The molecular weight excluding hydrogens is 504 g/mol. The molecule has 10 nitrogen and oxygen atoms in total. The second kappa shape index (κ2) is 12.2. The maximum absolute atomic E-state index is 13.4. The number of esters is 1. The second-order valence-electron chi connectivity index (χ2n) is 9.69. The van der Waals surface area contributed by atoms with Crippen molar-refractivity contribution in [1.82, 2.24) is 20.9 Å². The van der Waals surface area contributed by atoms with Gasteiger partial charge in [-0.25, -0.2) is 4.79 Å². The lowest BCUT2D eigenvalue weighted by atomic mass is 9.91. The zero-order chi connectivity index (χ0) is 26.5. The van der Waals surface area contributed by atoms with E-state index < -0.39 is 29.5 Å². The van der Waals surface area contributed by atoms with E-state index in [9.17, 15) is 24.3 Å². The lowest BCUT2D eigenvalue weighted by molar-refractivity contribution is -0.145. The highest BCUT2D eigenvalue weighted by molar-refractivity contribution is 8.76. The van der Waals surface area contributed by atoms with Crippen LogP contribution in [0.4, 0.5) is 0 Å². The van der Waals surface area contributed by atoms with Crippen molar-refractivity contribution in [3.8, 4) is 5.75 Å². The number of nitrogens with zero attached hydrogens (tertiary/aromatic N) is 1. The van der Waals surface area contributed by atoms with Crippen molar-refractivity contribution in [2.75, 3.05) is 38.8 Å². The smallest absolute Gasteiger partial charge is 0.329 e. The van der Waals surface area contributed by atoms with Crippen molar-refractivity contribution in [3.63, 3.8) is 0 Å². The second-order valence-corrected chi connectivity index (χ2v) is 12.2. The number of aromatic hydroxyl groups is 1. The molecular formula is C24H34N4O6S2. The number of likely N-dealkylation sites (N-methyl/N-ethyl adjacent to an activating group) is 1. The summed E-state index contributed by atoms with van der Waals surface area (Å²) >= 11 is 0. The van der Waals surface area contributed by atoms with E-state index in [1.54, 1.807) is 26.0 Å². The fourth-order valence-corrected chi connectivity index (χ4v) is 6.56. The summed E-state index contributed by atoms with van der Waals surface area (Å²) in [4.78, 5) is 53.4. The summed E-state index contributed by atoms with van der Waals surface area (Å²) in [5, 5.41) is 18.0. The number of ether oxygens (including phenoxy) is 1. The van der Waals surface area contributed by atoms with Gasteiger partial charge in [0.05, 0.1) is 18.6 Å². The molecule has 1 aromatic rings. The van der Waals surface area contributed by atoms with Crippen LogP contribution in [0.5, 0.6) is 5.75 Å². The van der Waals surface area contributed by atoms with Crippen LogP contribution in [0.3, 0.4) is 0 Å². The van der Waals surface area contributed by atoms with E-state index in [4.69, 9.17) is 4.74 Å². The maximum Gasteiger partial charge on any atom is 0.329 e. The molecule has 0 radical (unpaired) electrons. The maximum atomic E-state index is 13.4. The molecule has 0 bridgehead atoms. The average Bonchev–Trinajstić information content (AvgIpc) is 3.24. The Bertz CT molecular complexity index is 974. The van der Waals surface area contributed by atoms with Crippen LogP contribution in [0.1, 0.15) is 31.7 Å². The van der Waals surface area contributed by atoms with Crippen LogP contribution in [0, 0.1) is 5.41 Å². The van der Waals surface area contributed by atoms with E-state index in [-0.39, 0.29) is 47.4 Å². The Balaban J connectivity index is 1.74. The fourth-order valence-electron chi connectivity index (χ4n) is 4.25. The van der Waals surface area contributed by atoms with Gasteiger partial charge in [0.15, 0.2) is 0 Å². The van der Waals surface area contributed by atoms with Crippen LogP contribution in [0.2, 0.25) is 0 Å². The van der Waals surface area contributed by atoms with Crippen LogP contribution in [0.15, 0.2) is 24.3 Å². The van der Waals surface area contributed by atoms with Crippen LogP contribution in [-0.4, -0.2) is 90.6 Å². The molecule has 0 aromatic heterocycles. The van der Waals surface area contributed by atoms with Gasteiger partial charge < -0.3 is 25.8 Å². The number of amides is 3. The normalized spacial score (nSPS) is 27.7. The van der Waals surface area contributed by atoms with Gasteiger partial charge in [0.2, 0.25) is 17.7 Å². The van der Waals surface area contributed by atoms with Gasteiger partial charge in [-0.15, -0.1) is 0 Å². The Morgan fingerprint density at radius 1 is 1.17 bits per heavy atom. The number of benzene rings is 1. The summed E-state index contributed by atoms with van der Waals surface area (Å²) in [6.07, 6.45) is 0.777. The first-order valence-corrected chi connectivity index (χ1v) is 14.2. The van der Waals surface area contributed by atoms with Crippen molar-refractivity contribution < 1.29 is 29.0 Å². The summed E-state index contributed by atoms with van der Waals surface area (Å²) in [5.41, 5.74) is -0.0321. The number of carbonyl (C=O) groups excluding carboxylic acids is 4. The van der Waals surface area contributed by atoms with Gasteiger partial charge in [-0.1, -0.05) is 33.7 Å². The molecule has 2 heterocycles. The molecule has 0 aliphatic carbocycles. The Labute approximate surface area is 219 Å². The quantitative estimate of drug-likeness (QED) is 0.325. The molecule has 3 amide bonds. The number of hydrogen-bond acceptors (Lipinski definition) is 9. The van der Waals surface area contributed by atoms with Crippen molar-refractivity contribution in [3.05, 3.63) is 29.8 Å². The minimum Gasteiger partial charge on any atom is -0.508 e. The summed E-state index contributed by atoms with van der Waals surface area (Å²) < 4.78 is 4.82. The Hall–Kier alpha value is -2.44. The fraction of sp³-hybridized carbons (Fsp3) is 0.583. The third kappa shape index (κ3) is 6.86. The van der Waals surface area contributed by atoms with E-state index in [0.717, 1.165) is 18.5 Å². The minimum absolute atomic E-state index is 0.0369. The summed E-state index contributed by atoms with van der Waals surface area (Å²) in [6, 6.07) is 4.75. The predicted octanol–water partition coefficient (Wildman–Crippen LogP) is 0.860. The molecule has 2 aliphatic rings. The van der Waals surface area contributed by atoms with E-state index in [1.807, 2.05) is 24.1 Å². The average molecular weight is 539 g/mol.